The first-order valence-electron chi connectivity index (χ1n) is 8.95. The number of aromatic amines is 1. The highest BCUT2D eigenvalue weighted by molar-refractivity contribution is 6.06. The highest BCUT2D eigenvalue weighted by atomic mass is 16.2. The van der Waals surface area contributed by atoms with E-state index in [9.17, 15) is 14.4 Å². The van der Waals surface area contributed by atoms with Gasteiger partial charge in [-0.15, -0.1) is 0 Å². The number of hydrogen-bond acceptors (Lipinski definition) is 5. The molecule has 0 bridgehead atoms. The molecule has 0 atom stereocenters. The standard InChI is InChI=1S/C19H21N5O3/c1-22-17(26)19(24(18(22)27)12-14-5-3-2-4-6-14)7-9-23(10-8-19)15-11-16(25)21-13-20-15/h2-6,11,13H,7-10,12H2,1H3,(H,20,21,25). The average molecular weight is 367 g/mol. The van der Waals surface area contributed by atoms with E-state index in [1.807, 2.05) is 35.2 Å². The maximum absolute atomic E-state index is 13.0. The number of nitrogens with zero attached hydrogens (tertiary/aromatic N) is 4. The van der Waals surface area contributed by atoms with Crippen LogP contribution in [0.4, 0.5) is 10.6 Å². The van der Waals surface area contributed by atoms with Gasteiger partial charge < -0.3 is 14.8 Å². The maximum Gasteiger partial charge on any atom is 0.327 e. The van der Waals surface area contributed by atoms with Crippen LogP contribution in [0.1, 0.15) is 18.4 Å². The molecule has 4 rings (SSSR count). The second-order valence-electron chi connectivity index (χ2n) is 7.01. The summed E-state index contributed by atoms with van der Waals surface area (Å²) in [7, 11) is 1.54. The first-order chi connectivity index (χ1) is 13.0. The minimum atomic E-state index is -0.834. The Balaban J connectivity index is 1.59. The Kier molecular flexibility index (Phi) is 4.18. The highest BCUT2D eigenvalue weighted by Crippen LogP contribution is 2.38. The molecule has 0 radical (unpaired) electrons. The van der Waals surface area contributed by atoms with Crippen molar-refractivity contribution in [1.82, 2.24) is 19.8 Å². The third kappa shape index (κ3) is 2.87. The molecule has 0 aliphatic carbocycles. The SMILES string of the molecule is CN1C(=O)N(Cc2ccccc2)C2(CCN(c3cc(=O)[nH]cn3)CC2)C1=O. The van der Waals surface area contributed by atoms with Crippen molar-refractivity contribution >= 4 is 17.8 Å². The largest absolute Gasteiger partial charge is 0.356 e. The fourth-order valence-corrected chi connectivity index (χ4v) is 3.98. The summed E-state index contributed by atoms with van der Waals surface area (Å²) in [6.07, 6.45) is 2.38. The lowest BCUT2D eigenvalue weighted by atomic mass is 9.85. The van der Waals surface area contributed by atoms with E-state index >= 15 is 0 Å². The van der Waals surface area contributed by atoms with E-state index in [1.165, 1.54) is 17.3 Å². The van der Waals surface area contributed by atoms with Crippen LogP contribution in [0.15, 0.2) is 47.5 Å². The van der Waals surface area contributed by atoms with Gasteiger partial charge in [0.2, 0.25) is 0 Å². The van der Waals surface area contributed by atoms with Gasteiger partial charge in [0.05, 0.1) is 6.33 Å². The molecule has 2 aromatic rings. The molecule has 140 valence electrons. The summed E-state index contributed by atoms with van der Waals surface area (Å²) in [5, 5.41) is 0. The molecule has 1 aromatic heterocycles. The van der Waals surface area contributed by atoms with Gasteiger partial charge in [-0.25, -0.2) is 9.78 Å². The van der Waals surface area contributed by atoms with E-state index in [0.717, 1.165) is 5.56 Å². The first kappa shape index (κ1) is 17.3. The normalized spacial score (nSPS) is 19.2. The summed E-state index contributed by atoms with van der Waals surface area (Å²) >= 11 is 0. The Morgan fingerprint density at radius 2 is 1.81 bits per heavy atom. The van der Waals surface area contributed by atoms with Crippen LogP contribution in [-0.4, -0.2) is 57.4 Å². The van der Waals surface area contributed by atoms with Gasteiger partial charge in [-0.05, 0) is 18.4 Å². The number of H-pyrrole nitrogens is 1. The fourth-order valence-electron chi connectivity index (χ4n) is 3.98. The topological polar surface area (TPSA) is 89.6 Å². The minimum Gasteiger partial charge on any atom is -0.356 e. The van der Waals surface area contributed by atoms with Gasteiger partial charge in [-0.2, -0.15) is 0 Å². The van der Waals surface area contributed by atoms with Crippen LogP contribution in [0.25, 0.3) is 0 Å². The molecule has 1 spiro atoms. The molecule has 3 heterocycles. The predicted molar refractivity (Wildman–Crippen MR) is 99.2 cm³/mol. The van der Waals surface area contributed by atoms with Crippen molar-refractivity contribution < 1.29 is 9.59 Å². The van der Waals surface area contributed by atoms with Crippen molar-refractivity contribution in [3.05, 3.63) is 58.6 Å². The van der Waals surface area contributed by atoms with Crippen molar-refractivity contribution in [3.63, 3.8) is 0 Å². The van der Waals surface area contributed by atoms with Crippen LogP contribution in [0.5, 0.6) is 0 Å². The average Bonchev–Trinajstić information content (AvgIpc) is 2.86. The second-order valence-corrected chi connectivity index (χ2v) is 7.01. The zero-order valence-electron chi connectivity index (χ0n) is 15.1. The molecule has 0 unspecified atom stereocenters. The van der Waals surface area contributed by atoms with Crippen molar-refractivity contribution in [2.75, 3.05) is 25.0 Å². The number of likely N-dealkylation sites (N-methyl/N-ethyl adjacent to an activating group) is 1. The zero-order valence-corrected chi connectivity index (χ0v) is 15.1. The summed E-state index contributed by atoms with van der Waals surface area (Å²) in [6, 6.07) is 10.9. The molecule has 3 amide bonds. The quantitative estimate of drug-likeness (QED) is 0.824. The molecule has 2 saturated heterocycles. The van der Waals surface area contributed by atoms with Gasteiger partial charge in [-0.3, -0.25) is 14.5 Å². The fraction of sp³-hybridized carbons (Fsp3) is 0.368. The number of urea groups is 1. The van der Waals surface area contributed by atoms with E-state index in [2.05, 4.69) is 9.97 Å². The second kappa shape index (κ2) is 6.53. The Morgan fingerprint density at radius 1 is 1.11 bits per heavy atom. The van der Waals surface area contributed by atoms with E-state index in [1.54, 1.807) is 11.9 Å². The van der Waals surface area contributed by atoms with E-state index < -0.39 is 5.54 Å². The lowest BCUT2D eigenvalue weighted by Gasteiger charge is -2.42. The predicted octanol–water partition coefficient (Wildman–Crippen LogP) is 1.20. The summed E-state index contributed by atoms with van der Waals surface area (Å²) < 4.78 is 0. The number of amides is 3. The van der Waals surface area contributed by atoms with E-state index in [0.29, 0.717) is 38.3 Å². The number of hydrogen-bond donors (Lipinski definition) is 1. The lowest BCUT2D eigenvalue weighted by Crippen LogP contribution is -2.56. The highest BCUT2D eigenvalue weighted by Gasteiger charge is 2.56. The van der Waals surface area contributed by atoms with Crippen molar-refractivity contribution in [3.8, 4) is 0 Å². The minimum absolute atomic E-state index is 0.151. The molecule has 0 saturated carbocycles. The van der Waals surface area contributed by atoms with Crippen molar-refractivity contribution in [1.29, 1.82) is 0 Å². The van der Waals surface area contributed by atoms with Gasteiger partial charge in [0, 0.05) is 32.7 Å². The van der Waals surface area contributed by atoms with Crippen molar-refractivity contribution in [2.24, 2.45) is 0 Å². The van der Waals surface area contributed by atoms with E-state index in [4.69, 9.17) is 0 Å². The lowest BCUT2D eigenvalue weighted by molar-refractivity contribution is -0.133. The summed E-state index contributed by atoms with van der Waals surface area (Å²) in [4.78, 5) is 48.9. The van der Waals surface area contributed by atoms with Gasteiger partial charge in [-0.1, -0.05) is 30.3 Å². The van der Waals surface area contributed by atoms with Crippen LogP contribution in [0, 0.1) is 0 Å². The number of aromatic nitrogens is 2. The van der Waals surface area contributed by atoms with Gasteiger partial charge in [0.25, 0.3) is 11.5 Å². The van der Waals surface area contributed by atoms with E-state index in [-0.39, 0.29) is 17.5 Å². The molecule has 2 aliphatic rings. The Morgan fingerprint density at radius 3 is 2.48 bits per heavy atom. The molecule has 2 aliphatic heterocycles. The number of piperidine rings is 1. The molecule has 2 fully saturated rings. The number of rotatable bonds is 3. The summed E-state index contributed by atoms with van der Waals surface area (Å²) in [5.74, 6) is 0.440. The van der Waals surface area contributed by atoms with Crippen molar-refractivity contribution in [2.45, 2.75) is 24.9 Å². The number of carbonyl (C=O) groups excluding carboxylic acids is 2. The molecular weight excluding hydrogens is 346 g/mol. The smallest absolute Gasteiger partial charge is 0.327 e. The molecular formula is C19H21N5O3. The zero-order chi connectivity index (χ0) is 19.0. The number of benzene rings is 1. The number of imide groups is 1. The molecule has 8 heteroatoms. The Labute approximate surface area is 156 Å². The molecule has 27 heavy (non-hydrogen) atoms. The number of anilines is 1. The first-order valence-corrected chi connectivity index (χ1v) is 8.95. The van der Waals surface area contributed by atoms with Crippen LogP contribution < -0.4 is 10.5 Å². The van der Waals surface area contributed by atoms with Gasteiger partial charge in [0.1, 0.15) is 11.4 Å². The number of carbonyl (C=O) groups is 2. The molecule has 8 nitrogen and oxygen atoms in total. The van der Waals surface area contributed by atoms with Crippen LogP contribution in [-0.2, 0) is 11.3 Å². The molecule has 1 N–H and O–H groups in total. The molecule has 1 aromatic carbocycles. The number of nitrogens with one attached hydrogen (secondary N) is 1. The maximum atomic E-state index is 13.0. The third-order valence-electron chi connectivity index (χ3n) is 5.50. The Hall–Kier alpha value is -3.16. The monoisotopic (exact) mass is 367 g/mol. The van der Waals surface area contributed by atoms with Crippen LogP contribution in [0.3, 0.4) is 0 Å². The summed E-state index contributed by atoms with van der Waals surface area (Å²) in [5.41, 5.74) is -0.0517. The van der Waals surface area contributed by atoms with Crippen LogP contribution in [0.2, 0.25) is 0 Å². The van der Waals surface area contributed by atoms with Crippen LogP contribution >= 0.6 is 0 Å². The summed E-state index contributed by atoms with van der Waals surface area (Å²) in [6.45, 7) is 1.50. The Bertz CT molecular complexity index is 918. The van der Waals surface area contributed by atoms with Gasteiger partial charge >= 0.3 is 6.03 Å². The third-order valence-corrected chi connectivity index (χ3v) is 5.50. The van der Waals surface area contributed by atoms with Gasteiger partial charge in [0.15, 0.2) is 0 Å².